The summed E-state index contributed by atoms with van der Waals surface area (Å²) in [7, 11) is 0. The van der Waals surface area contributed by atoms with Crippen molar-refractivity contribution >= 4 is 5.69 Å². The molecule has 0 aliphatic heterocycles. The molecule has 0 saturated carbocycles. The van der Waals surface area contributed by atoms with Crippen LogP contribution in [0.3, 0.4) is 0 Å². The summed E-state index contributed by atoms with van der Waals surface area (Å²) >= 11 is 0. The number of hydrogen-bond donors (Lipinski definition) is 1. The largest absolute Gasteiger partial charge is 0.396 e. The van der Waals surface area contributed by atoms with Crippen LogP contribution < -0.4 is 5.73 Å². The first kappa shape index (κ1) is 10.9. The average molecular weight is 173 g/mol. The minimum Gasteiger partial charge on any atom is -0.396 e. The minimum atomic E-state index is -0.958. The molecular weight excluding hydrogens is 160 g/mol. The van der Waals surface area contributed by atoms with Gasteiger partial charge in [0.2, 0.25) is 0 Å². The number of rotatable bonds is 0. The summed E-state index contributed by atoms with van der Waals surface area (Å²) < 4.78 is 24.8. The van der Waals surface area contributed by atoms with Gasteiger partial charge >= 0.3 is 0 Å². The number of anilines is 1. The molecule has 1 rings (SSSR count). The molecule has 0 heterocycles. The van der Waals surface area contributed by atoms with E-state index in [1.165, 1.54) is 6.07 Å². The van der Waals surface area contributed by atoms with Gasteiger partial charge in [-0.25, -0.2) is 8.78 Å². The molecule has 3 heteroatoms. The van der Waals surface area contributed by atoms with Gasteiger partial charge in [-0.3, -0.25) is 0 Å². The first-order valence-electron chi connectivity index (χ1n) is 3.83. The molecule has 0 aliphatic carbocycles. The maximum Gasteiger partial charge on any atom is 0.181 e. The van der Waals surface area contributed by atoms with E-state index in [0.29, 0.717) is 5.56 Å². The normalized spacial score (nSPS) is 8.75. The third kappa shape index (κ3) is 2.19. The van der Waals surface area contributed by atoms with E-state index in [4.69, 9.17) is 5.73 Å². The van der Waals surface area contributed by atoms with Gasteiger partial charge in [-0.2, -0.15) is 0 Å². The summed E-state index contributed by atoms with van der Waals surface area (Å²) in [4.78, 5) is 0. The highest BCUT2D eigenvalue weighted by Gasteiger charge is 2.06. The smallest absolute Gasteiger partial charge is 0.181 e. The molecule has 0 fully saturated rings. The Morgan fingerprint density at radius 2 is 1.67 bits per heavy atom. The van der Waals surface area contributed by atoms with Gasteiger partial charge in [-0.15, -0.1) is 0 Å². The van der Waals surface area contributed by atoms with Crippen LogP contribution in [0, 0.1) is 18.6 Å². The zero-order chi connectivity index (χ0) is 9.72. The fourth-order valence-corrected chi connectivity index (χ4v) is 0.663. The first-order chi connectivity index (χ1) is 5.63. The number of aryl methyl sites for hydroxylation is 1. The van der Waals surface area contributed by atoms with E-state index in [0.717, 1.165) is 6.07 Å². The number of nitrogen functional groups attached to an aromatic ring is 1. The van der Waals surface area contributed by atoms with Crippen LogP contribution in [-0.2, 0) is 0 Å². The van der Waals surface area contributed by atoms with Crippen LogP contribution in [0.25, 0.3) is 0 Å². The number of nitrogens with two attached hydrogens (primary N) is 1. The molecule has 0 radical (unpaired) electrons. The average Bonchev–Trinajstić information content (AvgIpc) is 2.12. The Labute approximate surface area is 71.2 Å². The zero-order valence-electron chi connectivity index (χ0n) is 7.49. The van der Waals surface area contributed by atoms with Gasteiger partial charge in [0.05, 0.1) is 5.69 Å². The molecule has 2 N–H and O–H groups in total. The van der Waals surface area contributed by atoms with Crippen molar-refractivity contribution in [1.82, 2.24) is 0 Å². The van der Waals surface area contributed by atoms with E-state index in [1.807, 2.05) is 13.8 Å². The highest BCUT2D eigenvalue weighted by molar-refractivity contribution is 5.47. The second kappa shape index (κ2) is 4.70. The molecule has 1 aromatic rings. The number of halogens is 2. The SMILES string of the molecule is CC.Cc1ccc(F)c(F)c1N. The quantitative estimate of drug-likeness (QED) is 0.600. The maximum absolute atomic E-state index is 12.5. The van der Waals surface area contributed by atoms with Crippen LogP contribution in [0.15, 0.2) is 12.1 Å². The van der Waals surface area contributed by atoms with Crippen molar-refractivity contribution in [1.29, 1.82) is 0 Å². The third-order valence-corrected chi connectivity index (χ3v) is 1.35. The molecule has 1 aromatic carbocycles. The van der Waals surface area contributed by atoms with Gasteiger partial charge in [0, 0.05) is 0 Å². The lowest BCUT2D eigenvalue weighted by molar-refractivity contribution is 0.511. The standard InChI is InChI=1S/C7H7F2N.C2H6/c1-4-2-3-5(8)6(9)7(4)10;1-2/h2-3H,10H2,1H3;1-2H3. The predicted octanol–water partition coefficient (Wildman–Crippen LogP) is 2.88. The van der Waals surface area contributed by atoms with Crippen molar-refractivity contribution in [3.63, 3.8) is 0 Å². The lowest BCUT2D eigenvalue weighted by Crippen LogP contribution is -1.96. The molecular formula is C9H13F2N. The highest BCUT2D eigenvalue weighted by Crippen LogP contribution is 2.17. The van der Waals surface area contributed by atoms with Crippen LogP contribution in [0.4, 0.5) is 14.5 Å². The monoisotopic (exact) mass is 173 g/mol. The summed E-state index contributed by atoms with van der Waals surface area (Å²) in [6.45, 7) is 5.62. The van der Waals surface area contributed by atoms with Gasteiger partial charge in [-0.05, 0) is 18.6 Å². The molecule has 0 saturated heterocycles. The van der Waals surface area contributed by atoms with Gasteiger partial charge in [0.25, 0.3) is 0 Å². The molecule has 0 aromatic heterocycles. The van der Waals surface area contributed by atoms with Crippen LogP contribution >= 0.6 is 0 Å². The van der Waals surface area contributed by atoms with E-state index in [-0.39, 0.29) is 5.69 Å². The van der Waals surface area contributed by atoms with E-state index >= 15 is 0 Å². The van der Waals surface area contributed by atoms with Crippen LogP contribution in [0.5, 0.6) is 0 Å². The molecule has 0 amide bonds. The second-order valence-electron chi connectivity index (χ2n) is 2.09. The summed E-state index contributed by atoms with van der Waals surface area (Å²) in [5.74, 6) is -1.86. The van der Waals surface area contributed by atoms with Crippen LogP contribution in [0.2, 0.25) is 0 Å². The molecule has 0 bridgehead atoms. The van der Waals surface area contributed by atoms with Gasteiger partial charge in [-0.1, -0.05) is 19.9 Å². The molecule has 0 spiro atoms. The Morgan fingerprint density at radius 3 is 2.08 bits per heavy atom. The van der Waals surface area contributed by atoms with Gasteiger partial charge in [0.1, 0.15) is 0 Å². The van der Waals surface area contributed by atoms with Gasteiger partial charge < -0.3 is 5.73 Å². The molecule has 0 aliphatic rings. The molecule has 68 valence electrons. The highest BCUT2D eigenvalue weighted by atomic mass is 19.2. The second-order valence-corrected chi connectivity index (χ2v) is 2.09. The molecule has 1 nitrogen and oxygen atoms in total. The minimum absolute atomic E-state index is 0.111. The Hall–Kier alpha value is -1.12. The topological polar surface area (TPSA) is 26.0 Å². The number of benzene rings is 1. The lowest BCUT2D eigenvalue weighted by atomic mass is 10.2. The summed E-state index contributed by atoms with van der Waals surface area (Å²) in [6, 6.07) is 2.49. The predicted molar refractivity (Wildman–Crippen MR) is 46.9 cm³/mol. The Morgan fingerprint density at radius 1 is 1.17 bits per heavy atom. The van der Waals surface area contributed by atoms with Crippen molar-refractivity contribution in [2.24, 2.45) is 0 Å². The van der Waals surface area contributed by atoms with E-state index in [9.17, 15) is 8.78 Å². The van der Waals surface area contributed by atoms with Crippen molar-refractivity contribution < 1.29 is 8.78 Å². The van der Waals surface area contributed by atoms with Crippen molar-refractivity contribution in [3.8, 4) is 0 Å². The van der Waals surface area contributed by atoms with E-state index in [2.05, 4.69) is 0 Å². The summed E-state index contributed by atoms with van der Waals surface area (Å²) in [5, 5.41) is 0. The molecule has 12 heavy (non-hydrogen) atoms. The van der Waals surface area contributed by atoms with Crippen molar-refractivity contribution in [2.45, 2.75) is 20.8 Å². The summed E-state index contributed by atoms with van der Waals surface area (Å²) in [6.07, 6.45) is 0. The van der Waals surface area contributed by atoms with E-state index in [1.54, 1.807) is 6.92 Å². The van der Waals surface area contributed by atoms with Crippen molar-refractivity contribution in [2.75, 3.05) is 5.73 Å². The van der Waals surface area contributed by atoms with Crippen molar-refractivity contribution in [3.05, 3.63) is 29.3 Å². The third-order valence-electron chi connectivity index (χ3n) is 1.35. The molecule has 0 atom stereocenters. The molecule has 0 unspecified atom stereocenters. The van der Waals surface area contributed by atoms with Gasteiger partial charge in [0.15, 0.2) is 11.6 Å². The fraction of sp³-hybridized carbons (Fsp3) is 0.333. The summed E-state index contributed by atoms with van der Waals surface area (Å²) in [5.41, 5.74) is 5.61. The number of hydrogen-bond acceptors (Lipinski definition) is 1. The van der Waals surface area contributed by atoms with Crippen LogP contribution in [0.1, 0.15) is 19.4 Å². The Bertz CT molecular complexity index is 232. The first-order valence-corrected chi connectivity index (χ1v) is 3.83. The van der Waals surface area contributed by atoms with Crippen LogP contribution in [-0.4, -0.2) is 0 Å². The lowest BCUT2D eigenvalue weighted by Gasteiger charge is -2.00. The zero-order valence-corrected chi connectivity index (χ0v) is 7.49. The van der Waals surface area contributed by atoms with E-state index < -0.39 is 11.6 Å². The fourth-order valence-electron chi connectivity index (χ4n) is 0.663. The maximum atomic E-state index is 12.5. The Balaban J connectivity index is 0.000000561. The Kier molecular flexibility index (Phi) is 4.26.